The van der Waals surface area contributed by atoms with Crippen molar-refractivity contribution in [2.45, 2.75) is 75.8 Å². The Labute approximate surface area is 221 Å². The summed E-state index contributed by atoms with van der Waals surface area (Å²) in [6.45, 7) is 7.42. The lowest BCUT2D eigenvalue weighted by Crippen LogP contribution is -2.35. The third-order valence-electron chi connectivity index (χ3n) is 6.19. The first-order valence-electron chi connectivity index (χ1n) is 13.2. The highest BCUT2D eigenvalue weighted by molar-refractivity contribution is 7.89. The van der Waals surface area contributed by atoms with Crippen molar-refractivity contribution in [2.75, 3.05) is 32.8 Å². The molecule has 37 heavy (non-hydrogen) atoms. The van der Waals surface area contributed by atoms with Gasteiger partial charge in [-0.3, -0.25) is 0 Å². The summed E-state index contributed by atoms with van der Waals surface area (Å²) in [6.07, 6.45) is 5.27. The zero-order chi connectivity index (χ0) is 26.6. The van der Waals surface area contributed by atoms with Gasteiger partial charge in [-0.2, -0.15) is 0 Å². The van der Waals surface area contributed by atoms with Crippen LogP contribution in [0.1, 0.15) is 69.6 Å². The number of aliphatic hydroxyl groups excluding tert-OH is 1. The monoisotopic (exact) mass is 534 g/mol. The van der Waals surface area contributed by atoms with Gasteiger partial charge in [-0.25, -0.2) is 13.1 Å². The lowest BCUT2D eigenvalue weighted by atomic mass is 10.0. The number of fused-ring (bicyclic) bond motifs is 1. The molecule has 1 unspecified atom stereocenters. The number of ether oxygens (including phenoxy) is 3. The molecule has 1 heterocycles. The van der Waals surface area contributed by atoms with E-state index < -0.39 is 21.9 Å². The van der Waals surface area contributed by atoms with Crippen molar-refractivity contribution in [3.8, 4) is 5.75 Å². The van der Waals surface area contributed by atoms with Crippen molar-refractivity contribution in [1.29, 1.82) is 0 Å². The van der Waals surface area contributed by atoms with Crippen molar-refractivity contribution in [3.63, 3.8) is 0 Å². The molecule has 2 aromatic rings. The van der Waals surface area contributed by atoms with Crippen molar-refractivity contribution in [2.24, 2.45) is 0 Å². The number of unbranched alkanes of at least 4 members (excludes halogenated alkanes) is 4. The zero-order valence-corrected chi connectivity index (χ0v) is 22.9. The van der Waals surface area contributed by atoms with Gasteiger partial charge < -0.3 is 24.6 Å². The van der Waals surface area contributed by atoms with Crippen molar-refractivity contribution >= 4 is 10.0 Å². The molecule has 0 saturated carbocycles. The van der Waals surface area contributed by atoms with Crippen LogP contribution in [-0.4, -0.2) is 52.2 Å². The maximum absolute atomic E-state index is 12.1. The fourth-order valence-corrected chi connectivity index (χ4v) is 5.15. The second-order valence-corrected chi connectivity index (χ2v) is 11.6. The second kappa shape index (κ2) is 14.8. The Morgan fingerprint density at radius 2 is 1.68 bits per heavy atom. The van der Waals surface area contributed by atoms with Gasteiger partial charge in [0.1, 0.15) is 5.75 Å². The van der Waals surface area contributed by atoms with Gasteiger partial charge in [0.2, 0.25) is 15.8 Å². The summed E-state index contributed by atoms with van der Waals surface area (Å²) in [5.41, 5.74) is 1.83. The Hall–Kier alpha value is -2.01. The van der Waals surface area contributed by atoms with Gasteiger partial charge in [0, 0.05) is 45.7 Å². The third-order valence-corrected chi connectivity index (χ3v) is 7.67. The topological polar surface area (TPSA) is 106 Å². The average molecular weight is 535 g/mol. The van der Waals surface area contributed by atoms with Gasteiger partial charge in [-0.05, 0) is 62.1 Å². The smallest absolute Gasteiger partial charge is 0.240 e. The van der Waals surface area contributed by atoms with E-state index in [1.807, 2.05) is 32.0 Å². The van der Waals surface area contributed by atoms with Crippen LogP contribution in [0.3, 0.4) is 0 Å². The highest BCUT2D eigenvalue weighted by Gasteiger charge is 2.27. The minimum atomic E-state index is -3.42. The molecule has 0 fully saturated rings. The van der Waals surface area contributed by atoms with Crippen LogP contribution < -0.4 is 14.8 Å². The van der Waals surface area contributed by atoms with Crippen LogP contribution in [0.15, 0.2) is 53.4 Å². The van der Waals surface area contributed by atoms with Gasteiger partial charge in [-0.15, -0.1) is 0 Å². The third kappa shape index (κ3) is 10.3. The minimum Gasteiger partial charge on any atom is -0.463 e. The van der Waals surface area contributed by atoms with E-state index in [4.69, 9.17) is 14.2 Å². The molecule has 8 nitrogen and oxygen atoms in total. The highest BCUT2D eigenvalue weighted by atomic mass is 32.2. The van der Waals surface area contributed by atoms with E-state index in [0.29, 0.717) is 31.2 Å². The molecule has 3 N–H and O–H groups in total. The Morgan fingerprint density at radius 1 is 0.973 bits per heavy atom. The Bertz CT molecular complexity index is 1050. The predicted molar refractivity (Wildman–Crippen MR) is 144 cm³/mol. The number of sulfonamides is 1. The molecule has 0 spiro atoms. The van der Waals surface area contributed by atoms with E-state index in [1.165, 1.54) is 0 Å². The quantitative estimate of drug-likeness (QED) is 0.260. The average Bonchev–Trinajstić information content (AvgIpc) is 2.88. The summed E-state index contributed by atoms with van der Waals surface area (Å²) in [4.78, 5) is 0.294. The standard InChI is InChI=1S/C28H42N2O6S/c1-28(2)35-22-24-20-23(14-15-27(24)36-28)26(31)21-29-16-8-3-4-10-18-34-19-11-9-17-30-37(32,33)25-12-6-5-7-13-25/h5-7,12-15,20,26,29-31H,3-4,8-11,16-19,21-22H2,1-2H3. The normalized spacial score (nSPS) is 15.6. The first-order valence-corrected chi connectivity index (χ1v) is 14.7. The zero-order valence-electron chi connectivity index (χ0n) is 22.1. The van der Waals surface area contributed by atoms with Crippen molar-refractivity contribution in [1.82, 2.24) is 10.0 Å². The molecule has 206 valence electrons. The van der Waals surface area contributed by atoms with Gasteiger partial charge >= 0.3 is 0 Å². The Balaban J connectivity index is 1.13. The highest BCUT2D eigenvalue weighted by Crippen LogP contribution is 2.32. The number of nitrogens with one attached hydrogen (secondary N) is 2. The van der Waals surface area contributed by atoms with E-state index in [-0.39, 0.29) is 0 Å². The van der Waals surface area contributed by atoms with E-state index in [1.54, 1.807) is 30.3 Å². The van der Waals surface area contributed by atoms with Crippen LogP contribution in [0, 0.1) is 0 Å². The molecule has 0 saturated heterocycles. The molecule has 2 aromatic carbocycles. The van der Waals surface area contributed by atoms with Crippen molar-refractivity contribution in [3.05, 3.63) is 59.7 Å². The molecule has 0 radical (unpaired) electrons. The molecular formula is C28H42N2O6S. The van der Waals surface area contributed by atoms with Crippen molar-refractivity contribution < 1.29 is 27.7 Å². The summed E-state index contributed by atoms with van der Waals surface area (Å²) in [5, 5.41) is 13.8. The first-order chi connectivity index (χ1) is 17.8. The van der Waals surface area contributed by atoms with E-state index in [9.17, 15) is 13.5 Å². The number of hydrogen-bond donors (Lipinski definition) is 3. The van der Waals surface area contributed by atoms with E-state index >= 15 is 0 Å². The Kier molecular flexibility index (Phi) is 11.8. The summed E-state index contributed by atoms with van der Waals surface area (Å²) < 4.78 is 44.0. The maximum Gasteiger partial charge on any atom is 0.240 e. The molecule has 0 aliphatic carbocycles. The number of rotatable bonds is 17. The maximum atomic E-state index is 12.1. The van der Waals surface area contributed by atoms with Gasteiger partial charge in [0.15, 0.2) is 0 Å². The molecule has 0 amide bonds. The van der Waals surface area contributed by atoms with Crippen LogP contribution in [0.5, 0.6) is 5.75 Å². The molecule has 1 atom stereocenters. The summed E-state index contributed by atoms with van der Waals surface area (Å²) in [6, 6.07) is 14.2. The molecule has 1 aliphatic heterocycles. The second-order valence-electron chi connectivity index (χ2n) is 9.82. The number of hydrogen-bond acceptors (Lipinski definition) is 7. The number of aliphatic hydroxyl groups is 1. The van der Waals surface area contributed by atoms with Crippen LogP contribution in [0.25, 0.3) is 0 Å². The van der Waals surface area contributed by atoms with Gasteiger partial charge in [-0.1, -0.05) is 37.1 Å². The lowest BCUT2D eigenvalue weighted by Gasteiger charge is -2.33. The van der Waals surface area contributed by atoms with Crippen LogP contribution in [-0.2, 0) is 26.1 Å². The van der Waals surface area contributed by atoms with Crippen LogP contribution in [0.2, 0.25) is 0 Å². The van der Waals surface area contributed by atoms with Crippen LogP contribution >= 0.6 is 0 Å². The largest absolute Gasteiger partial charge is 0.463 e. The fourth-order valence-electron chi connectivity index (χ4n) is 4.05. The van der Waals surface area contributed by atoms with E-state index in [2.05, 4.69) is 10.0 Å². The first kappa shape index (κ1) is 29.5. The SMILES string of the molecule is CC1(C)OCc2cc(C(O)CNCCCCCCOCCCCNS(=O)(=O)c3ccccc3)ccc2O1. The summed E-state index contributed by atoms with van der Waals surface area (Å²) >= 11 is 0. The summed E-state index contributed by atoms with van der Waals surface area (Å²) in [7, 11) is -3.42. The number of benzene rings is 2. The molecule has 1 aliphatic rings. The lowest BCUT2D eigenvalue weighted by molar-refractivity contribution is -0.180. The summed E-state index contributed by atoms with van der Waals surface area (Å²) in [5.74, 6) is 0.199. The van der Waals surface area contributed by atoms with Gasteiger partial charge in [0.05, 0.1) is 17.6 Å². The fraction of sp³-hybridized carbons (Fsp3) is 0.571. The molecular weight excluding hydrogens is 492 g/mol. The minimum absolute atomic E-state index is 0.294. The predicted octanol–water partition coefficient (Wildman–Crippen LogP) is 4.29. The molecule has 9 heteroatoms. The van der Waals surface area contributed by atoms with Crippen LogP contribution in [0.4, 0.5) is 0 Å². The molecule has 0 aromatic heterocycles. The van der Waals surface area contributed by atoms with E-state index in [0.717, 1.165) is 68.6 Å². The molecule has 3 rings (SSSR count). The Morgan fingerprint density at radius 3 is 2.46 bits per heavy atom. The van der Waals surface area contributed by atoms with Gasteiger partial charge in [0.25, 0.3) is 0 Å². The molecule has 0 bridgehead atoms.